The van der Waals surface area contributed by atoms with E-state index in [1.54, 1.807) is 0 Å². The molecule has 0 aliphatic carbocycles. The summed E-state index contributed by atoms with van der Waals surface area (Å²) < 4.78 is 0. The fourth-order valence-electron chi connectivity index (χ4n) is 2.70. The average molecular weight is 280 g/mol. The molecule has 108 valence electrons. The van der Waals surface area contributed by atoms with E-state index in [-0.39, 0.29) is 5.91 Å². The summed E-state index contributed by atoms with van der Waals surface area (Å²) in [5.41, 5.74) is 2.73. The number of amides is 1. The molecule has 0 saturated carbocycles. The first-order valence-electron chi connectivity index (χ1n) is 7.54. The van der Waals surface area contributed by atoms with Crippen molar-refractivity contribution in [1.29, 1.82) is 0 Å². The Morgan fingerprint density at radius 2 is 1.52 bits per heavy atom. The first kappa shape index (κ1) is 13.7. The van der Waals surface area contributed by atoms with E-state index in [1.807, 2.05) is 54.6 Å². The molecule has 21 heavy (non-hydrogen) atoms. The number of hydrogen-bond acceptors (Lipinski definition) is 2. The van der Waals surface area contributed by atoms with Crippen LogP contribution in [0, 0.1) is 0 Å². The molecule has 0 unspecified atom stereocenters. The quantitative estimate of drug-likeness (QED) is 0.924. The Kier molecular flexibility index (Phi) is 4.20. The maximum atomic E-state index is 12.2. The van der Waals surface area contributed by atoms with Gasteiger partial charge in [0, 0.05) is 30.0 Å². The molecule has 2 aromatic rings. The minimum atomic E-state index is -0.0635. The third kappa shape index (κ3) is 3.43. The number of para-hydroxylation sites is 1. The summed E-state index contributed by atoms with van der Waals surface area (Å²) in [6.07, 6.45) is 3.85. The number of rotatable bonds is 3. The lowest BCUT2D eigenvalue weighted by Gasteiger charge is -2.28. The van der Waals surface area contributed by atoms with Gasteiger partial charge in [-0.15, -0.1) is 0 Å². The highest BCUT2D eigenvalue weighted by Crippen LogP contribution is 2.20. The zero-order valence-electron chi connectivity index (χ0n) is 12.1. The summed E-state index contributed by atoms with van der Waals surface area (Å²) in [5.74, 6) is -0.0635. The van der Waals surface area contributed by atoms with Crippen LogP contribution in [-0.4, -0.2) is 19.0 Å². The van der Waals surface area contributed by atoms with Crippen LogP contribution in [0.2, 0.25) is 0 Å². The second kappa shape index (κ2) is 6.44. The molecule has 1 aliphatic rings. The van der Waals surface area contributed by atoms with Crippen molar-refractivity contribution in [2.24, 2.45) is 0 Å². The van der Waals surface area contributed by atoms with Crippen molar-refractivity contribution >= 4 is 17.3 Å². The highest BCUT2D eigenvalue weighted by atomic mass is 16.1. The van der Waals surface area contributed by atoms with E-state index >= 15 is 0 Å². The van der Waals surface area contributed by atoms with Crippen LogP contribution in [0.25, 0.3) is 0 Å². The Morgan fingerprint density at radius 3 is 2.19 bits per heavy atom. The molecule has 1 saturated heterocycles. The topological polar surface area (TPSA) is 32.3 Å². The van der Waals surface area contributed by atoms with Crippen molar-refractivity contribution in [1.82, 2.24) is 0 Å². The normalized spacial score (nSPS) is 14.8. The standard InChI is InChI=1S/C18H20N2O/c21-18(19-16-7-3-1-4-8-16)15-9-11-17(12-10-15)20-13-5-2-6-14-20/h1,3-4,7-12H,2,5-6,13-14H2,(H,19,21). The number of hydrogen-bond donors (Lipinski definition) is 1. The molecule has 1 heterocycles. The zero-order valence-corrected chi connectivity index (χ0v) is 12.1. The second-order valence-corrected chi connectivity index (χ2v) is 5.41. The van der Waals surface area contributed by atoms with Gasteiger partial charge in [-0.1, -0.05) is 18.2 Å². The van der Waals surface area contributed by atoms with Crippen molar-refractivity contribution in [2.45, 2.75) is 19.3 Å². The summed E-state index contributed by atoms with van der Waals surface area (Å²) in [5, 5.41) is 2.90. The molecule has 1 amide bonds. The summed E-state index contributed by atoms with van der Waals surface area (Å²) in [7, 11) is 0. The first-order chi connectivity index (χ1) is 10.3. The second-order valence-electron chi connectivity index (χ2n) is 5.41. The van der Waals surface area contributed by atoms with Crippen LogP contribution in [0.5, 0.6) is 0 Å². The van der Waals surface area contributed by atoms with Gasteiger partial charge in [0.1, 0.15) is 0 Å². The van der Waals surface area contributed by atoms with Crippen LogP contribution in [0.3, 0.4) is 0 Å². The first-order valence-corrected chi connectivity index (χ1v) is 7.54. The largest absolute Gasteiger partial charge is 0.372 e. The predicted molar refractivity (Wildman–Crippen MR) is 86.9 cm³/mol. The monoisotopic (exact) mass is 280 g/mol. The molecule has 3 heteroatoms. The molecule has 0 bridgehead atoms. The number of carbonyl (C=O) groups excluding carboxylic acids is 1. The van der Waals surface area contributed by atoms with Crippen molar-refractivity contribution in [2.75, 3.05) is 23.3 Å². The van der Waals surface area contributed by atoms with Crippen molar-refractivity contribution in [3.8, 4) is 0 Å². The lowest BCUT2D eigenvalue weighted by molar-refractivity contribution is 0.102. The van der Waals surface area contributed by atoms with Gasteiger partial charge in [-0.05, 0) is 55.7 Å². The lowest BCUT2D eigenvalue weighted by Crippen LogP contribution is -2.29. The Balaban J connectivity index is 1.67. The molecule has 2 aromatic carbocycles. The molecule has 0 aromatic heterocycles. The number of anilines is 2. The summed E-state index contributed by atoms with van der Waals surface area (Å²) in [6, 6.07) is 17.4. The van der Waals surface area contributed by atoms with E-state index < -0.39 is 0 Å². The molecule has 3 nitrogen and oxygen atoms in total. The minimum Gasteiger partial charge on any atom is -0.372 e. The summed E-state index contributed by atoms with van der Waals surface area (Å²) in [6.45, 7) is 2.24. The Labute approximate surface area is 125 Å². The van der Waals surface area contributed by atoms with Crippen molar-refractivity contribution in [3.63, 3.8) is 0 Å². The number of benzene rings is 2. The zero-order chi connectivity index (χ0) is 14.5. The van der Waals surface area contributed by atoms with Gasteiger partial charge in [0.2, 0.25) is 0 Å². The van der Waals surface area contributed by atoms with E-state index in [2.05, 4.69) is 10.2 Å². The van der Waals surface area contributed by atoms with Gasteiger partial charge < -0.3 is 10.2 Å². The van der Waals surface area contributed by atoms with E-state index in [9.17, 15) is 4.79 Å². The van der Waals surface area contributed by atoms with E-state index in [4.69, 9.17) is 0 Å². The van der Waals surface area contributed by atoms with Crippen molar-refractivity contribution < 1.29 is 4.79 Å². The third-order valence-corrected chi connectivity index (χ3v) is 3.88. The number of piperidine rings is 1. The summed E-state index contributed by atoms with van der Waals surface area (Å²) >= 11 is 0. The Hall–Kier alpha value is -2.29. The van der Waals surface area contributed by atoms with Crippen LogP contribution >= 0.6 is 0 Å². The third-order valence-electron chi connectivity index (χ3n) is 3.88. The smallest absolute Gasteiger partial charge is 0.255 e. The molecular weight excluding hydrogens is 260 g/mol. The molecule has 0 atom stereocenters. The van der Waals surface area contributed by atoms with Gasteiger partial charge in [0.15, 0.2) is 0 Å². The maximum Gasteiger partial charge on any atom is 0.255 e. The number of nitrogens with zero attached hydrogens (tertiary/aromatic N) is 1. The van der Waals surface area contributed by atoms with E-state index in [1.165, 1.54) is 24.9 Å². The van der Waals surface area contributed by atoms with Gasteiger partial charge in [-0.2, -0.15) is 0 Å². The van der Waals surface area contributed by atoms with Crippen LogP contribution in [0.4, 0.5) is 11.4 Å². The highest BCUT2D eigenvalue weighted by Gasteiger charge is 2.12. The van der Waals surface area contributed by atoms with E-state index in [0.29, 0.717) is 5.56 Å². The van der Waals surface area contributed by atoms with Crippen LogP contribution in [-0.2, 0) is 0 Å². The van der Waals surface area contributed by atoms with Gasteiger partial charge in [0.25, 0.3) is 5.91 Å². The number of nitrogens with one attached hydrogen (secondary N) is 1. The molecule has 1 N–H and O–H groups in total. The fourth-order valence-corrected chi connectivity index (χ4v) is 2.70. The minimum absolute atomic E-state index is 0.0635. The number of carbonyl (C=O) groups is 1. The molecular formula is C18H20N2O. The van der Waals surface area contributed by atoms with Gasteiger partial charge in [-0.25, -0.2) is 0 Å². The average Bonchev–Trinajstić information content (AvgIpc) is 2.57. The highest BCUT2D eigenvalue weighted by molar-refractivity contribution is 6.04. The molecule has 1 aliphatic heterocycles. The summed E-state index contributed by atoms with van der Waals surface area (Å²) in [4.78, 5) is 14.6. The Morgan fingerprint density at radius 1 is 0.857 bits per heavy atom. The van der Waals surface area contributed by atoms with Gasteiger partial charge in [-0.3, -0.25) is 4.79 Å². The molecule has 0 spiro atoms. The van der Waals surface area contributed by atoms with Gasteiger partial charge in [0.05, 0.1) is 0 Å². The van der Waals surface area contributed by atoms with Crippen LogP contribution in [0.1, 0.15) is 29.6 Å². The SMILES string of the molecule is O=C(Nc1ccccc1)c1ccc(N2CCCCC2)cc1. The van der Waals surface area contributed by atoms with Crippen molar-refractivity contribution in [3.05, 3.63) is 60.2 Å². The maximum absolute atomic E-state index is 12.2. The fraction of sp³-hybridized carbons (Fsp3) is 0.278. The molecule has 1 fully saturated rings. The molecule has 0 radical (unpaired) electrons. The van der Waals surface area contributed by atoms with E-state index in [0.717, 1.165) is 18.8 Å². The molecule has 3 rings (SSSR count). The van der Waals surface area contributed by atoms with Crippen LogP contribution in [0.15, 0.2) is 54.6 Å². The predicted octanol–water partition coefficient (Wildman–Crippen LogP) is 3.93. The Bertz CT molecular complexity index is 586. The van der Waals surface area contributed by atoms with Gasteiger partial charge >= 0.3 is 0 Å². The lowest BCUT2D eigenvalue weighted by atomic mass is 10.1. The van der Waals surface area contributed by atoms with Crippen LogP contribution < -0.4 is 10.2 Å².